The summed E-state index contributed by atoms with van der Waals surface area (Å²) in [6, 6.07) is 7.42. The Labute approximate surface area is 208 Å². The molecule has 2 heterocycles. The van der Waals surface area contributed by atoms with Gasteiger partial charge in [0.1, 0.15) is 11.9 Å². The van der Waals surface area contributed by atoms with Gasteiger partial charge in [-0.1, -0.05) is 25.7 Å². The van der Waals surface area contributed by atoms with Gasteiger partial charge in [0.2, 0.25) is 0 Å². The van der Waals surface area contributed by atoms with Gasteiger partial charge in [0.05, 0.1) is 12.6 Å². The molecule has 4 rings (SSSR count). The number of aromatic nitrogens is 1. The summed E-state index contributed by atoms with van der Waals surface area (Å²) in [5, 5.41) is 11.7. The molecule has 1 saturated heterocycles. The summed E-state index contributed by atoms with van der Waals surface area (Å²) in [4.78, 5) is 6.90. The van der Waals surface area contributed by atoms with Crippen molar-refractivity contribution in [2.45, 2.75) is 69.2 Å². The lowest BCUT2D eigenvalue weighted by Gasteiger charge is -2.38. The van der Waals surface area contributed by atoms with Gasteiger partial charge in [0.25, 0.3) is 0 Å². The van der Waals surface area contributed by atoms with Crippen molar-refractivity contribution in [3.8, 4) is 5.75 Å². The van der Waals surface area contributed by atoms with Gasteiger partial charge in [-0.3, -0.25) is 4.98 Å². The van der Waals surface area contributed by atoms with Crippen LogP contribution in [0.1, 0.15) is 69.5 Å². The Kier molecular flexibility index (Phi) is 9.89. The minimum atomic E-state index is -1.04. The first-order valence-electron chi connectivity index (χ1n) is 13.2. The molecule has 1 aromatic carbocycles. The third-order valence-electron chi connectivity index (χ3n) is 7.88. The number of thioether (sulfide) groups is 1. The molecule has 2 aliphatic rings. The van der Waals surface area contributed by atoms with Crippen LogP contribution in [0, 0.1) is 11.8 Å². The molecule has 6 heteroatoms. The number of aliphatic hydroxyl groups is 1. The minimum Gasteiger partial charge on any atom is -0.497 e. The second-order valence-corrected chi connectivity index (χ2v) is 11.5. The Morgan fingerprint density at radius 1 is 1.15 bits per heavy atom. The molecule has 0 radical (unpaired) electrons. The standard InChI is InChI=1S/C28H41FN2O2S/c1-33-23-9-11-28-26(18-23)25(12-14-30-28)27(29)10-8-21-13-15-31(19-22(21)20-32)16-17-34-24-6-4-2-3-5-7-24/h9,11-12,14,18,21-22,24,27,32H,2-8,10,13,15-17,19-20H2,1H3/t21-,22-,27?/m1/s1. The number of ether oxygens (including phenoxy) is 1. The van der Waals surface area contributed by atoms with Crippen LogP contribution in [0.15, 0.2) is 30.5 Å². The minimum absolute atomic E-state index is 0.198. The normalized spacial score (nSPS) is 23.6. The number of aliphatic hydroxyl groups excluding tert-OH is 1. The van der Waals surface area contributed by atoms with Gasteiger partial charge in [-0.25, -0.2) is 4.39 Å². The SMILES string of the molecule is COc1ccc2nccc(C(F)CC[C@@H]3CCN(CCSC4CCCCCC4)C[C@@H]3CO)c2c1. The third-order valence-corrected chi connectivity index (χ3v) is 9.25. The number of nitrogens with zero attached hydrogens (tertiary/aromatic N) is 2. The fourth-order valence-electron chi connectivity index (χ4n) is 5.77. The highest BCUT2D eigenvalue weighted by molar-refractivity contribution is 7.99. The number of likely N-dealkylation sites (tertiary alicyclic amines) is 1. The predicted octanol–water partition coefficient (Wildman–Crippen LogP) is 6.42. The number of halogens is 1. The average Bonchev–Trinajstić information content (AvgIpc) is 3.15. The quantitative estimate of drug-likeness (QED) is 0.391. The molecule has 1 unspecified atom stereocenters. The van der Waals surface area contributed by atoms with E-state index in [1.807, 2.05) is 18.2 Å². The fraction of sp³-hybridized carbons (Fsp3) is 0.679. The molecule has 34 heavy (non-hydrogen) atoms. The Bertz CT molecular complexity index is 890. The zero-order valence-corrected chi connectivity index (χ0v) is 21.4. The van der Waals surface area contributed by atoms with E-state index in [1.54, 1.807) is 19.4 Å². The summed E-state index contributed by atoms with van der Waals surface area (Å²) in [6.45, 7) is 3.32. The van der Waals surface area contributed by atoms with E-state index in [2.05, 4.69) is 21.6 Å². The van der Waals surface area contributed by atoms with Crippen molar-refractivity contribution in [1.29, 1.82) is 0 Å². The summed E-state index contributed by atoms with van der Waals surface area (Å²) >= 11 is 2.16. The lowest BCUT2D eigenvalue weighted by Crippen LogP contribution is -2.43. The zero-order chi connectivity index (χ0) is 23.8. The number of hydrogen-bond acceptors (Lipinski definition) is 5. The third kappa shape index (κ3) is 6.86. The fourth-order valence-corrected chi connectivity index (χ4v) is 7.13. The predicted molar refractivity (Wildman–Crippen MR) is 140 cm³/mol. The van der Waals surface area contributed by atoms with Crippen LogP contribution in [0.25, 0.3) is 10.9 Å². The number of alkyl halides is 1. The topological polar surface area (TPSA) is 45.6 Å². The van der Waals surface area contributed by atoms with Crippen molar-refractivity contribution in [3.05, 3.63) is 36.0 Å². The first-order valence-corrected chi connectivity index (χ1v) is 14.2. The van der Waals surface area contributed by atoms with Crippen LogP contribution in [0.3, 0.4) is 0 Å². The van der Waals surface area contributed by atoms with Crippen molar-refractivity contribution in [2.75, 3.05) is 39.1 Å². The Hall–Kier alpha value is -1.37. The van der Waals surface area contributed by atoms with Gasteiger partial charge < -0.3 is 14.7 Å². The van der Waals surface area contributed by atoms with Gasteiger partial charge >= 0.3 is 0 Å². The Balaban J connectivity index is 1.26. The maximum Gasteiger partial charge on any atom is 0.126 e. The molecule has 0 bridgehead atoms. The van der Waals surface area contributed by atoms with E-state index in [0.717, 1.165) is 54.4 Å². The highest BCUT2D eigenvalue weighted by Gasteiger charge is 2.29. The van der Waals surface area contributed by atoms with Crippen molar-refractivity contribution < 1.29 is 14.2 Å². The molecule has 1 aromatic heterocycles. The summed E-state index contributed by atoms with van der Waals surface area (Å²) in [5.41, 5.74) is 1.49. The van der Waals surface area contributed by atoms with Crippen LogP contribution in [0.4, 0.5) is 4.39 Å². The number of rotatable bonds is 10. The van der Waals surface area contributed by atoms with Crippen LogP contribution in [0.5, 0.6) is 5.75 Å². The second-order valence-electron chi connectivity index (χ2n) is 10.1. The largest absolute Gasteiger partial charge is 0.497 e. The van der Waals surface area contributed by atoms with E-state index in [-0.39, 0.29) is 12.5 Å². The van der Waals surface area contributed by atoms with Gasteiger partial charge in [-0.15, -0.1) is 0 Å². The summed E-state index contributed by atoms with van der Waals surface area (Å²) < 4.78 is 20.7. The maximum absolute atomic E-state index is 15.4. The van der Waals surface area contributed by atoms with Gasteiger partial charge in [0.15, 0.2) is 0 Å². The zero-order valence-electron chi connectivity index (χ0n) is 20.6. The smallest absolute Gasteiger partial charge is 0.126 e. The molecule has 2 fully saturated rings. The van der Waals surface area contributed by atoms with Crippen LogP contribution in [-0.2, 0) is 0 Å². The molecular formula is C28H41FN2O2S. The van der Waals surface area contributed by atoms with Gasteiger partial charge in [0, 0.05) is 42.3 Å². The van der Waals surface area contributed by atoms with Gasteiger partial charge in [-0.2, -0.15) is 11.8 Å². The molecule has 188 valence electrons. The van der Waals surface area contributed by atoms with Crippen molar-refractivity contribution in [3.63, 3.8) is 0 Å². The summed E-state index contributed by atoms with van der Waals surface area (Å²) in [7, 11) is 1.63. The van der Waals surface area contributed by atoms with Crippen molar-refractivity contribution in [1.82, 2.24) is 9.88 Å². The van der Waals surface area contributed by atoms with E-state index in [1.165, 1.54) is 44.3 Å². The molecule has 1 aliphatic heterocycles. The van der Waals surface area contributed by atoms with Crippen molar-refractivity contribution in [2.24, 2.45) is 11.8 Å². The van der Waals surface area contributed by atoms with Crippen LogP contribution in [-0.4, -0.2) is 59.3 Å². The molecule has 0 spiro atoms. The maximum atomic E-state index is 15.4. The van der Waals surface area contributed by atoms with E-state index < -0.39 is 6.17 Å². The lowest BCUT2D eigenvalue weighted by atomic mass is 9.81. The van der Waals surface area contributed by atoms with Crippen LogP contribution < -0.4 is 4.74 Å². The number of piperidine rings is 1. The highest BCUT2D eigenvalue weighted by atomic mass is 32.2. The average molecular weight is 489 g/mol. The summed E-state index contributed by atoms with van der Waals surface area (Å²) in [6.07, 6.45) is 11.4. The molecule has 0 amide bonds. The molecule has 1 saturated carbocycles. The second kappa shape index (κ2) is 13.1. The molecule has 1 N–H and O–H groups in total. The molecule has 1 aliphatic carbocycles. The van der Waals surface area contributed by atoms with Gasteiger partial charge in [-0.05, 0) is 80.3 Å². The first kappa shape index (κ1) is 25.7. The lowest BCUT2D eigenvalue weighted by molar-refractivity contribution is 0.0672. The van der Waals surface area contributed by atoms with Crippen LogP contribution >= 0.6 is 11.8 Å². The summed E-state index contributed by atoms with van der Waals surface area (Å²) in [5.74, 6) is 2.55. The molecular weight excluding hydrogens is 447 g/mol. The Morgan fingerprint density at radius 3 is 2.74 bits per heavy atom. The van der Waals surface area contributed by atoms with E-state index in [0.29, 0.717) is 17.9 Å². The van der Waals surface area contributed by atoms with Crippen LogP contribution in [0.2, 0.25) is 0 Å². The number of pyridine rings is 1. The Morgan fingerprint density at radius 2 is 1.97 bits per heavy atom. The van der Waals surface area contributed by atoms with Crippen molar-refractivity contribution >= 4 is 22.7 Å². The first-order chi connectivity index (χ1) is 16.7. The van der Waals surface area contributed by atoms with E-state index in [4.69, 9.17) is 4.74 Å². The van der Waals surface area contributed by atoms with E-state index >= 15 is 4.39 Å². The monoisotopic (exact) mass is 488 g/mol. The number of benzene rings is 1. The molecule has 2 aromatic rings. The number of hydrogen-bond donors (Lipinski definition) is 1. The molecule has 3 atom stereocenters. The molecule has 4 nitrogen and oxygen atoms in total. The number of fused-ring (bicyclic) bond motifs is 1. The van der Waals surface area contributed by atoms with E-state index in [9.17, 15) is 5.11 Å². The highest BCUT2D eigenvalue weighted by Crippen LogP contribution is 2.35. The number of methoxy groups -OCH3 is 1.